The molecule has 0 aliphatic carbocycles. The van der Waals surface area contributed by atoms with Crippen LogP contribution in [0.25, 0.3) is 0 Å². The smallest absolute Gasteiger partial charge is 0.0698 e. The highest BCUT2D eigenvalue weighted by molar-refractivity contribution is 4.91. The maximum absolute atomic E-state index is 9.42. The van der Waals surface area contributed by atoms with Gasteiger partial charge >= 0.3 is 0 Å². The van der Waals surface area contributed by atoms with E-state index in [9.17, 15) is 5.11 Å². The van der Waals surface area contributed by atoms with Gasteiger partial charge in [0.25, 0.3) is 0 Å². The molecule has 1 unspecified atom stereocenters. The van der Waals surface area contributed by atoms with Crippen LogP contribution in [0.5, 0.6) is 0 Å². The fraction of sp³-hybridized carbons (Fsp3) is 1.00. The van der Waals surface area contributed by atoms with E-state index in [4.69, 9.17) is 4.74 Å². The zero-order valence-corrected chi connectivity index (χ0v) is 9.85. The van der Waals surface area contributed by atoms with Crippen LogP contribution >= 0.6 is 0 Å². The first-order valence-corrected chi connectivity index (χ1v) is 4.95. The summed E-state index contributed by atoms with van der Waals surface area (Å²) in [5, 5.41) is 9.42. The Balaban J connectivity index is 4.61. The van der Waals surface area contributed by atoms with Gasteiger partial charge in [-0.1, -0.05) is 20.8 Å². The molecule has 0 amide bonds. The van der Waals surface area contributed by atoms with E-state index in [1.165, 1.54) is 0 Å². The maximum atomic E-state index is 9.42. The molecule has 0 saturated carbocycles. The fourth-order valence-corrected chi connectivity index (χ4v) is 1.65. The Bertz CT molecular complexity index is 152. The fourth-order valence-electron chi connectivity index (χ4n) is 1.65. The third-order valence-corrected chi connectivity index (χ3v) is 3.17. The molecule has 80 valence electrons. The Labute approximate surface area is 82.3 Å². The molecule has 0 aliphatic heterocycles. The topological polar surface area (TPSA) is 29.5 Å². The number of hydrogen-bond acceptors (Lipinski definition) is 2. The summed E-state index contributed by atoms with van der Waals surface area (Å²) >= 11 is 0. The molecule has 0 bridgehead atoms. The van der Waals surface area contributed by atoms with Crippen molar-refractivity contribution in [2.24, 2.45) is 11.3 Å². The third kappa shape index (κ3) is 2.96. The molecule has 0 aliphatic rings. The third-order valence-electron chi connectivity index (χ3n) is 3.17. The number of rotatable bonds is 5. The van der Waals surface area contributed by atoms with Gasteiger partial charge in [-0.05, 0) is 26.2 Å². The van der Waals surface area contributed by atoms with Gasteiger partial charge < -0.3 is 9.84 Å². The molecule has 0 heterocycles. The van der Waals surface area contributed by atoms with Gasteiger partial charge in [-0.2, -0.15) is 0 Å². The summed E-state index contributed by atoms with van der Waals surface area (Å²) in [6, 6.07) is 0. The lowest BCUT2D eigenvalue weighted by molar-refractivity contribution is -0.110. The normalized spacial score (nSPS) is 17.5. The number of hydrogen-bond donors (Lipinski definition) is 1. The van der Waals surface area contributed by atoms with E-state index in [1.807, 2.05) is 13.8 Å². The Hall–Kier alpha value is -0.0800. The van der Waals surface area contributed by atoms with E-state index in [0.717, 1.165) is 6.42 Å². The summed E-state index contributed by atoms with van der Waals surface area (Å²) in [4.78, 5) is 0. The number of aliphatic hydroxyl groups is 1. The van der Waals surface area contributed by atoms with Gasteiger partial charge in [0, 0.05) is 12.5 Å². The van der Waals surface area contributed by atoms with Crippen molar-refractivity contribution in [3.8, 4) is 0 Å². The predicted molar refractivity (Wildman–Crippen MR) is 55.7 cm³/mol. The summed E-state index contributed by atoms with van der Waals surface area (Å²) in [7, 11) is 1.70. The molecular weight excluding hydrogens is 164 g/mol. The molecule has 2 heteroatoms. The largest absolute Gasteiger partial charge is 0.396 e. The van der Waals surface area contributed by atoms with Crippen LogP contribution in [0.3, 0.4) is 0 Å². The summed E-state index contributed by atoms with van der Waals surface area (Å²) in [5.74, 6) is 0.576. The quantitative estimate of drug-likeness (QED) is 0.718. The minimum atomic E-state index is -0.272. The molecule has 2 nitrogen and oxygen atoms in total. The van der Waals surface area contributed by atoms with Gasteiger partial charge in [-0.15, -0.1) is 0 Å². The minimum Gasteiger partial charge on any atom is -0.396 e. The summed E-state index contributed by atoms with van der Waals surface area (Å²) < 4.78 is 5.43. The van der Waals surface area contributed by atoms with Gasteiger partial charge in [-0.3, -0.25) is 0 Å². The van der Waals surface area contributed by atoms with Crippen molar-refractivity contribution < 1.29 is 9.84 Å². The van der Waals surface area contributed by atoms with Crippen LogP contribution in [0.15, 0.2) is 0 Å². The van der Waals surface area contributed by atoms with Gasteiger partial charge in [0.15, 0.2) is 0 Å². The number of ether oxygens (including phenoxy) is 1. The van der Waals surface area contributed by atoms with Crippen molar-refractivity contribution in [1.29, 1.82) is 0 Å². The van der Waals surface area contributed by atoms with E-state index >= 15 is 0 Å². The van der Waals surface area contributed by atoms with Crippen LogP contribution < -0.4 is 0 Å². The first-order valence-electron chi connectivity index (χ1n) is 4.95. The van der Waals surface area contributed by atoms with Crippen LogP contribution in [-0.2, 0) is 4.74 Å². The summed E-state index contributed by atoms with van der Waals surface area (Å²) in [5.41, 5.74) is -0.429. The molecular formula is C11H24O2. The molecule has 1 atom stereocenters. The number of methoxy groups -OCH3 is 1. The lowest BCUT2D eigenvalue weighted by atomic mass is 9.71. The molecule has 0 aromatic rings. The Morgan fingerprint density at radius 3 is 1.92 bits per heavy atom. The molecule has 0 saturated heterocycles. The van der Waals surface area contributed by atoms with Crippen LogP contribution in [-0.4, -0.2) is 24.4 Å². The summed E-state index contributed by atoms with van der Waals surface area (Å²) in [6.45, 7) is 10.7. The Kier molecular flexibility index (Phi) is 4.40. The highest BCUT2D eigenvalue weighted by Gasteiger charge is 2.41. The zero-order chi connectivity index (χ0) is 10.7. The van der Waals surface area contributed by atoms with E-state index < -0.39 is 0 Å². The molecule has 0 aromatic carbocycles. The average Bonchev–Trinajstić information content (AvgIpc) is 2.02. The van der Waals surface area contributed by atoms with Gasteiger partial charge in [-0.25, -0.2) is 0 Å². The van der Waals surface area contributed by atoms with E-state index in [0.29, 0.717) is 5.92 Å². The highest BCUT2D eigenvalue weighted by Crippen LogP contribution is 2.38. The molecule has 13 heavy (non-hydrogen) atoms. The van der Waals surface area contributed by atoms with Crippen LogP contribution in [0, 0.1) is 11.3 Å². The second-order valence-corrected chi connectivity index (χ2v) is 5.03. The molecule has 1 N–H and O–H groups in total. The molecule has 0 spiro atoms. The summed E-state index contributed by atoms with van der Waals surface area (Å²) in [6.07, 6.45) is 0.977. The van der Waals surface area contributed by atoms with Crippen molar-refractivity contribution in [3.63, 3.8) is 0 Å². The average molecular weight is 188 g/mol. The SMILES string of the molecule is COC(C)(C)C(C)(CO)CC(C)C. The molecule has 0 fully saturated rings. The zero-order valence-electron chi connectivity index (χ0n) is 9.85. The Morgan fingerprint density at radius 1 is 1.23 bits per heavy atom. The first-order chi connectivity index (χ1) is 5.79. The lowest BCUT2D eigenvalue weighted by Gasteiger charge is -2.43. The molecule has 0 rings (SSSR count). The van der Waals surface area contributed by atoms with Crippen molar-refractivity contribution in [1.82, 2.24) is 0 Å². The second kappa shape index (κ2) is 4.43. The van der Waals surface area contributed by atoms with Gasteiger partial charge in [0.2, 0.25) is 0 Å². The van der Waals surface area contributed by atoms with E-state index in [-0.39, 0.29) is 17.6 Å². The first kappa shape index (κ1) is 12.9. The monoisotopic (exact) mass is 188 g/mol. The second-order valence-electron chi connectivity index (χ2n) is 5.03. The van der Waals surface area contributed by atoms with Crippen molar-refractivity contribution in [2.75, 3.05) is 13.7 Å². The highest BCUT2D eigenvalue weighted by atomic mass is 16.5. The number of aliphatic hydroxyl groups excluding tert-OH is 1. The van der Waals surface area contributed by atoms with Crippen LogP contribution in [0.1, 0.15) is 41.0 Å². The van der Waals surface area contributed by atoms with Crippen molar-refractivity contribution >= 4 is 0 Å². The van der Waals surface area contributed by atoms with Crippen LogP contribution in [0.2, 0.25) is 0 Å². The maximum Gasteiger partial charge on any atom is 0.0698 e. The minimum absolute atomic E-state index is 0.157. The van der Waals surface area contributed by atoms with Crippen LogP contribution in [0.4, 0.5) is 0 Å². The van der Waals surface area contributed by atoms with Gasteiger partial charge in [0.05, 0.1) is 12.2 Å². The Morgan fingerprint density at radius 2 is 1.69 bits per heavy atom. The predicted octanol–water partition coefficient (Wildman–Crippen LogP) is 2.46. The van der Waals surface area contributed by atoms with Gasteiger partial charge in [0.1, 0.15) is 0 Å². The van der Waals surface area contributed by atoms with Crippen molar-refractivity contribution in [3.05, 3.63) is 0 Å². The van der Waals surface area contributed by atoms with E-state index in [1.54, 1.807) is 7.11 Å². The van der Waals surface area contributed by atoms with Crippen molar-refractivity contribution in [2.45, 2.75) is 46.6 Å². The standard InChI is InChI=1S/C11H24O2/c1-9(2)7-11(5,8-12)10(3,4)13-6/h9,12H,7-8H2,1-6H3. The lowest BCUT2D eigenvalue weighted by Crippen LogP contribution is -2.46. The molecule has 0 radical (unpaired) electrons. The van der Waals surface area contributed by atoms with E-state index in [2.05, 4.69) is 20.8 Å². The molecule has 0 aromatic heterocycles.